The standard InChI is InChI=1S/C12H15N3O5/c13-10(12(17)18)4-5-20-9-3-1-2-8(6-9)15-11(16)7-14-19/h1-3,6-7,10,19H,4-5,13H2,(H,15,16)(H,17,18). The van der Waals surface area contributed by atoms with Crippen LogP contribution in [0.3, 0.4) is 0 Å². The topological polar surface area (TPSA) is 134 Å². The zero-order chi connectivity index (χ0) is 15.0. The van der Waals surface area contributed by atoms with Gasteiger partial charge in [-0.25, -0.2) is 0 Å². The molecule has 0 aliphatic rings. The van der Waals surface area contributed by atoms with Crippen molar-refractivity contribution in [3.63, 3.8) is 0 Å². The van der Waals surface area contributed by atoms with E-state index in [0.29, 0.717) is 11.4 Å². The molecule has 1 aromatic carbocycles. The lowest BCUT2D eigenvalue weighted by molar-refractivity contribution is -0.138. The summed E-state index contributed by atoms with van der Waals surface area (Å²) < 4.78 is 5.33. The van der Waals surface area contributed by atoms with Crippen LogP contribution in [-0.4, -0.2) is 41.1 Å². The van der Waals surface area contributed by atoms with E-state index in [-0.39, 0.29) is 13.0 Å². The Morgan fingerprint density at radius 2 is 2.25 bits per heavy atom. The highest BCUT2D eigenvalue weighted by atomic mass is 16.5. The molecule has 8 heteroatoms. The van der Waals surface area contributed by atoms with E-state index in [1.54, 1.807) is 24.3 Å². The molecule has 20 heavy (non-hydrogen) atoms. The Bertz CT molecular complexity index is 504. The molecule has 0 heterocycles. The van der Waals surface area contributed by atoms with E-state index in [1.165, 1.54) is 0 Å². The molecule has 0 saturated heterocycles. The first-order valence-corrected chi connectivity index (χ1v) is 5.72. The predicted molar refractivity (Wildman–Crippen MR) is 71.1 cm³/mol. The summed E-state index contributed by atoms with van der Waals surface area (Å²) in [5.41, 5.74) is 5.79. The number of ether oxygens (including phenoxy) is 1. The van der Waals surface area contributed by atoms with Gasteiger partial charge >= 0.3 is 5.97 Å². The van der Waals surface area contributed by atoms with Crippen molar-refractivity contribution < 1.29 is 24.6 Å². The van der Waals surface area contributed by atoms with Crippen LogP contribution in [0.15, 0.2) is 29.4 Å². The molecule has 5 N–H and O–H groups in total. The Hall–Kier alpha value is -2.61. The molecule has 0 saturated carbocycles. The van der Waals surface area contributed by atoms with Crippen LogP contribution in [0.2, 0.25) is 0 Å². The molecule has 8 nitrogen and oxygen atoms in total. The number of anilines is 1. The minimum Gasteiger partial charge on any atom is -0.493 e. The minimum absolute atomic E-state index is 0.142. The number of carboxylic acids is 1. The van der Waals surface area contributed by atoms with Crippen LogP contribution in [-0.2, 0) is 9.59 Å². The first-order valence-electron chi connectivity index (χ1n) is 5.72. The molecular weight excluding hydrogens is 266 g/mol. The molecule has 1 rings (SSSR count). The van der Waals surface area contributed by atoms with Crippen LogP contribution in [0.1, 0.15) is 6.42 Å². The molecule has 1 aromatic rings. The van der Waals surface area contributed by atoms with Gasteiger partial charge in [0.25, 0.3) is 5.91 Å². The maximum absolute atomic E-state index is 11.2. The van der Waals surface area contributed by atoms with Gasteiger partial charge in [0.05, 0.1) is 6.61 Å². The zero-order valence-electron chi connectivity index (χ0n) is 10.5. The van der Waals surface area contributed by atoms with Crippen LogP contribution < -0.4 is 15.8 Å². The van der Waals surface area contributed by atoms with Gasteiger partial charge in [0.1, 0.15) is 18.0 Å². The number of hydrogen-bond donors (Lipinski definition) is 4. The number of oxime groups is 1. The van der Waals surface area contributed by atoms with Crippen molar-refractivity contribution in [1.82, 2.24) is 0 Å². The van der Waals surface area contributed by atoms with E-state index in [0.717, 1.165) is 6.21 Å². The second-order valence-electron chi connectivity index (χ2n) is 3.84. The summed E-state index contributed by atoms with van der Waals surface area (Å²) in [6.45, 7) is 0.142. The fourth-order valence-electron chi connectivity index (χ4n) is 1.32. The van der Waals surface area contributed by atoms with Crippen molar-refractivity contribution in [3.8, 4) is 5.75 Å². The number of nitrogens with one attached hydrogen (secondary N) is 1. The largest absolute Gasteiger partial charge is 0.493 e. The maximum atomic E-state index is 11.2. The van der Waals surface area contributed by atoms with Gasteiger partial charge in [0.15, 0.2) is 0 Å². The monoisotopic (exact) mass is 281 g/mol. The highest BCUT2D eigenvalue weighted by Gasteiger charge is 2.11. The van der Waals surface area contributed by atoms with Crippen LogP contribution >= 0.6 is 0 Å². The average Bonchev–Trinajstić information content (AvgIpc) is 2.39. The van der Waals surface area contributed by atoms with E-state index in [9.17, 15) is 9.59 Å². The molecular formula is C12H15N3O5. The summed E-state index contributed by atoms with van der Waals surface area (Å²) in [4.78, 5) is 21.7. The van der Waals surface area contributed by atoms with Crippen LogP contribution in [0.25, 0.3) is 0 Å². The van der Waals surface area contributed by atoms with Gasteiger partial charge in [-0.05, 0) is 12.1 Å². The molecule has 0 aliphatic carbocycles. The maximum Gasteiger partial charge on any atom is 0.320 e. The second-order valence-corrected chi connectivity index (χ2v) is 3.84. The summed E-state index contributed by atoms with van der Waals surface area (Å²) in [6.07, 6.45) is 0.891. The molecule has 0 aromatic heterocycles. The number of benzene rings is 1. The van der Waals surface area contributed by atoms with Crippen molar-refractivity contribution >= 4 is 23.8 Å². The molecule has 0 aliphatic heterocycles. The highest BCUT2D eigenvalue weighted by molar-refractivity contribution is 6.31. The first kappa shape index (κ1) is 15.4. The van der Waals surface area contributed by atoms with E-state index < -0.39 is 17.9 Å². The fraction of sp³-hybridized carbons (Fsp3) is 0.250. The zero-order valence-corrected chi connectivity index (χ0v) is 10.5. The number of hydrogen-bond acceptors (Lipinski definition) is 6. The molecule has 0 bridgehead atoms. The number of carbonyl (C=O) groups is 2. The third-order valence-corrected chi connectivity index (χ3v) is 2.29. The van der Waals surface area contributed by atoms with Gasteiger partial charge in [0.2, 0.25) is 0 Å². The Labute approximate surface area is 114 Å². The number of rotatable bonds is 7. The van der Waals surface area contributed by atoms with Gasteiger partial charge in [-0.3, -0.25) is 9.59 Å². The molecule has 1 amide bonds. The molecule has 108 valence electrons. The molecule has 0 radical (unpaired) electrons. The number of carbonyl (C=O) groups excluding carboxylic acids is 1. The number of nitrogens with zero attached hydrogens (tertiary/aromatic N) is 1. The number of nitrogens with two attached hydrogens (primary N) is 1. The summed E-state index contributed by atoms with van der Waals surface area (Å²) in [5, 5.41) is 21.9. The summed E-state index contributed by atoms with van der Waals surface area (Å²) >= 11 is 0. The average molecular weight is 281 g/mol. The smallest absolute Gasteiger partial charge is 0.320 e. The van der Waals surface area contributed by atoms with Crippen molar-refractivity contribution in [3.05, 3.63) is 24.3 Å². The quantitative estimate of drug-likeness (QED) is 0.322. The van der Waals surface area contributed by atoms with Crippen molar-refractivity contribution in [2.45, 2.75) is 12.5 Å². The third kappa shape index (κ3) is 5.36. The molecule has 1 atom stereocenters. The molecule has 0 fully saturated rings. The van der Waals surface area contributed by atoms with Gasteiger partial charge in [0, 0.05) is 18.2 Å². The lowest BCUT2D eigenvalue weighted by Gasteiger charge is -2.10. The lowest BCUT2D eigenvalue weighted by atomic mass is 10.2. The number of amides is 1. The van der Waals surface area contributed by atoms with E-state index in [4.69, 9.17) is 20.8 Å². The van der Waals surface area contributed by atoms with Crippen LogP contribution in [0, 0.1) is 0 Å². The summed E-state index contributed by atoms with van der Waals surface area (Å²) in [6, 6.07) is 5.51. The summed E-state index contributed by atoms with van der Waals surface area (Å²) in [5.74, 6) is -1.21. The van der Waals surface area contributed by atoms with Gasteiger partial charge < -0.3 is 26.1 Å². The minimum atomic E-state index is -1.09. The van der Waals surface area contributed by atoms with Gasteiger partial charge in [-0.15, -0.1) is 0 Å². The van der Waals surface area contributed by atoms with Crippen LogP contribution in [0.5, 0.6) is 5.75 Å². The molecule has 0 spiro atoms. The first-order chi connectivity index (χ1) is 9.52. The van der Waals surface area contributed by atoms with Crippen molar-refractivity contribution in [2.75, 3.05) is 11.9 Å². The second kappa shape index (κ2) is 7.74. The lowest BCUT2D eigenvalue weighted by Crippen LogP contribution is -2.31. The van der Waals surface area contributed by atoms with Gasteiger partial charge in [-0.1, -0.05) is 11.2 Å². The Balaban J connectivity index is 2.51. The van der Waals surface area contributed by atoms with Crippen molar-refractivity contribution in [2.24, 2.45) is 10.9 Å². The SMILES string of the molecule is NC(CCOc1cccc(NC(=O)C=NO)c1)C(=O)O. The fourth-order valence-corrected chi connectivity index (χ4v) is 1.32. The van der Waals surface area contributed by atoms with Gasteiger partial charge in [-0.2, -0.15) is 0 Å². The predicted octanol–water partition coefficient (Wildman–Crippen LogP) is 0.266. The Morgan fingerprint density at radius 3 is 2.90 bits per heavy atom. The van der Waals surface area contributed by atoms with Crippen LogP contribution in [0.4, 0.5) is 5.69 Å². The third-order valence-electron chi connectivity index (χ3n) is 2.29. The van der Waals surface area contributed by atoms with E-state index in [2.05, 4.69) is 10.5 Å². The number of aliphatic carboxylic acids is 1. The highest BCUT2D eigenvalue weighted by Crippen LogP contribution is 2.17. The Kier molecular flexibility index (Phi) is 5.98. The van der Waals surface area contributed by atoms with E-state index >= 15 is 0 Å². The number of carboxylic acid groups (broad SMARTS) is 1. The Morgan fingerprint density at radius 1 is 1.50 bits per heavy atom. The van der Waals surface area contributed by atoms with E-state index in [1.807, 2.05) is 0 Å². The van der Waals surface area contributed by atoms with Crippen molar-refractivity contribution in [1.29, 1.82) is 0 Å². The summed E-state index contributed by atoms with van der Waals surface area (Å²) in [7, 11) is 0. The normalized spacial score (nSPS) is 12.1. The molecule has 1 unspecified atom stereocenters.